The highest BCUT2D eigenvalue weighted by Gasteiger charge is 2.33. The number of ether oxygens (including phenoxy) is 1. The number of aliphatic hydroxyl groups is 2. The first-order valence-corrected chi connectivity index (χ1v) is 5.53. The van der Waals surface area contributed by atoms with Crippen molar-refractivity contribution in [1.29, 1.82) is 0 Å². The normalized spacial score (nSPS) is 14.4. The smallest absolute Gasteiger partial charge is 0.0827 e. The second kappa shape index (κ2) is 7.21. The zero-order chi connectivity index (χ0) is 11.0. The summed E-state index contributed by atoms with van der Waals surface area (Å²) in [5, 5.41) is 18.8. The molecule has 2 N–H and O–H groups in total. The molecular formula is C11H24O3. The Kier molecular flexibility index (Phi) is 7.15. The summed E-state index contributed by atoms with van der Waals surface area (Å²) in [5.74, 6) is 0. The van der Waals surface area contributed by atoms with Crippen LogP contribution in [0.25, 0.3) is 0 Å². The third-order valence-corrected chi connectivity index (χ3v) is 3.24. The molecule has 1 atom stereocenters. The third kappa shape index (κ3) is 3.56. The van der Waals surface area contributed by atoms with Gasteiger partial charge in [0.2, 0.25) is 0 Å². The van der Waals surface area contributed by atoms with Gasteiger partial charge in [-0.15, -0.1) is 0 Å². The van der Waals surface area contributed by atoms with E-state index < -0.39 is 6.10 Å². The lowest BCUT2D eigenvalue weighted by Crippen LogP contribution is -2.38. The molecule has 14 heavy (non-hydrogen) atoms. The molecule has 86 valence electrons. The van der Waals surface area contributed by atoms with Crippen molar-refractivity contribution in [3.05, 3.63) is 0 Å². The summed E-state index contributed by atoms with van der Waals surface area (Å²) in [6.07, 6.45) is 1.93. The Morgan fingerprint density at radius 1 is 1.21 bits per heavy atom. The van der Waals surface area contributed by atoms with Crippen LogP contribution in [0.1, 0.15) is 40.0 Å². The van der Waals surface area contributed by atoms with E-state index in [4.69, 9.17) is 9.84 Å². The highest BCUT2D eigenvalue weighted by atomic mass is 16.5. The van der Waals surface area contributed by atoms with Crippen molar-refractivity contribution < 1.29 is 14.9 Å². The molecule has 0 rings (SSSR count). The van der Waals surface area contributed by atoms with E-state index in [0.717, 1.165) is 19.3 Å². The van der Waals surface area contributed by atoms with Crippen LogP contribution in [-0.2, 0) is 4.74 Å². The molecule has 0 bridgehead atoms. The topological polar surface area (TPSA) is 49.7 Å². The van der Waals surface area contributed by atoms with Crippen molar-refractivity contribution in [2.24, 2.45) is 5.41 Å². The summed E-state index contributed by atoms with van der Waals surface area (Å²) < 4.78 is 5.29. The van der Waals surface area contributed by atoms with Crippen LogP contribution in [0.5, 0.6) is 0 Å². The van der Waals surface area contributed by atoms with Crippen LogP contribution in [0, 0.1) is 5.41 Å². The molecular weight excluding hydrogens is 180 g/mol. The minimum Gasteiger partial charge on any atom is -0.394 e. The first kappa shape index (κ1) is 13.9. The number of aliphatic hydroxyl groups excluding tert-OH is 2. The maximum absolute atomic E-state index is 9.76. The van der Waals surface area contributed by atoms with E-state index in [0.29, 0.717) is 13.2 Å². The molecule has 0 saturated carbocycles. The molecule has 0 saturated heterocycles. The van der Waals surface area contributed by atoms with Crippen LogP contribution in [0.2, 0.25) is 0 Å². The summed E-state index contributed by atoms with van der Waals surface area (Å²) in [4.78, 5) is 0. The molecule has 0 aliphatic carbocycles. The second-order valence-corrected chi connectivity index (χ2v) is 3.71. The van der Waals surface area contributed by atoms with Crippen molar-refractivity contribution >= 4 is 0 Å². The standard InChI is InChI=1S/C11H24O3/c1-4-11(5-2,10(13)9-12)7-8-14-6-3/h10,12-13H,4-9H2,1-3H3. The SMILES string of the molecule is CCOCCC(CC)(CC)C(O)CO. The summed E-state index contributed by atoms with van der Waals surface area (Å²) in [7, 11) is 0. The Morgan fingerprint density at radius 3 is 2.14 bits per heavy atom. The van der Waals surface area contributed by atoms with Gasteiger partial charge in [-0.3, -0.25) is 0 Å². The van der Waals surface area contributed by atoms with Crippen LogP contribution in [-0.4, -0.2) is 36.1 Å². The van der Waals surface area contributed by atoms with Gasteiger partial charge in [-0.1, -0.05) is 13.8 Å². The van der Waals surface area contributed by atoms with Gasteiger partial charge in [0.15, 0.2) is 0 Å². The fraction of sp³-hybridized carbons (Fsp3) is 1.00. The Labute approximate surface area is 87.1 Å². The van der Waals surface area contributed by atoms with Gasteiger partial charge in [-0.05, 0) is 26.2 Å². The molecule has 0 spiro atoms. The van der Waals surface area contributed by atoms with Crippen molar-refractivity contribution in [3.8, 4) is 0 Å². The molecule has 0 amide bonds. The number of hydrogen-bond acceptors (Lipinski definition) is 3. The summed E-state index contributed by atoms with van der Waals surface area (Å²) in [5.41, 5.74) is -0.177. The Hall–Kier alpha value is -0.120. The van der Waals surface area contributed by atoms with E-state index >= 15 is 0 Å². The minimum atomic E-state index is -0.627. The van der Waals surface area contributed by atoms with Crippen LogP contribution in [0.15, 0.2) is 0 Å². The van der Waals surface area contributed by atoms with Gasteiger partial charge < -0.3 is 14.9 Å². The summed E-state index contributed by atoms with van der Waals surface area (Å²) in [6.45, 7) is 7.27. The molecule has 0 radical (unpaired) electrons. The molecule has 3 heteroatoms. The molecule has 1 unspecified atom stereocenters. The zero-order valence-electron chi connectivity index (χ0n) is 9.62. The molecule has 0 aromatic heterocycles. The minimum absolute atomic E-state index is 0.159. The Morgan fingerprint density at radius 2 is 1.79 bits per heavy atom. The van der Waals surface area contributed by atoms with Gasteiger partial charge in [-0.25, -0.2) is 0 Å². The first-order chi connectivity index (χ1) is 6.66. The fourth-order valence-corrected chi connectivity index (χ4v) is 1.85. The maximum Gasteiger partial charge on any atom is 0.0827 e. The van der Waals surface area contributed by atoms with Crippen molar-refractivity contribution in [2.45, 2.75) is 46.1 Å². The lowest BCUT2D eigenvalue weighted by atomic mass is 9.75. The quantitative estimate of drug-likeness (QED) is 0.590. The maximum atomic E-state index is 9.76. The summed E-state index contributed by atoms with van der Waals surface area (Å²) in [6, 6.07) is 0. The van der Waals surface area contributed by atoms with E-state index in [1.165, 1.54) is 0 Å². The number of hydrogen-bond donors (Lipinski definition) is 2. The molecule has 0 aliphatic heterocycles. The molecule has 3 nitrogen and oxygen atoms in total. The van der Waals surface area contributed by atoms with Gasteiger partial charge in [0.25, 0.3) is 0 Å². The highest BCUT2D eigenvalue weighted by molar-refractivity contribution is 4.83. The van der Waals surface area contributed by atoms with Gasteiger partial charge >= 0.3 is 0 Å². The van der Waals surface area contributed by atoms with Crippen LogP contribution in [0.3, 0.4) is 0 Å². The van der Waals surface area contributed by atoms with Gasteiger partial charge in [0.05, 0.1) is 12.7 Å². The monoisotopic (exact) mass is 204 g/mol. The molecule has 0 fully saturated rings. The molecule has 0 aliphatic rings. The molecule has 0 aromatic rings. The average molecular weight is 204 g/mol. The van der Waals surface area contributed by atoms with Gasteiger partial charge in [0, 0.05) is 18.6 Å². The van der Waals surface area contributed by atoms with Crippen molar-refractivity contribution in [2.75, 3.05) is 19.8 Å². The van der Waals surface area contributed by atoms with Crippen molar-refractivity contribution in [3.63, 3.8) is 0 Å². The number of rotatable bonds is 8. The lowest BCUT2D eigenvalue weighted by Gasteiger charge is -2.35. The predicted molar refractivity (Wildman–Crippen MR) is 57.2 cm³/mol. The van der Waals surface area contributed by atoms with Crippen LogP contribution >= 0.6 is 0 Å². The Balaban J connectivity index is 4.21. The van der Waals surface area contributed by atoms with Gasteiger partial charge in [-0.2, -0.15) is 0 Å². The van der Waals surface area contributed by atoms with Crippen molar-refractivity contribution in [1.82, 2.24) is 0 Å². The third-order valence-electron chi connectivity index (χ3n) is 3.24. The second-order valence-electron chi connectivity index (χ2n) is 3.71. The Bertz CT molecular complexity index is 132. The lowest BCUT2D eigenvalue weighted by molar-refractivity contribution is -0.0400. The van der Waals surface area contributed by atoms with E-state index in [2.05, 4.69) is 0 Å². The first-order valence-electron chi connectivity index (χ1n) is 5.53. The van der Waals surface area contributed by atoms with E-state index in [9.17, 15) is 5.11 Å². The largest absolute Gasteiger partial charge is 0.394 e. The van der Waals surface area contributed by atoms with E-state index in [1.807, 2.05) is 20.8 Å². The predicted octanol–water partition coefficient (Wildman–Crippen LogP) is 1.57. The van der Waals surface area contributed by atoms with E-state index in [-0.39, 0.29) is 12.0 Å². The van der Waals surface area contributed by atoms with Crippen LogP contribution < -0.4 is 0 Å². The van der Waals surface area contributed by atoms with Crippen LogP contribution in [0.4, 0.5) is 0 Å². The average Bonchev–Trinajstić information content (AvgIpc) is 2.24. The highest BCUT2D eigenvalue weighted by Crippen LogP contribution is 2.34. The van der Waals surface area contributed by atoms with Gasteiger partial charge in [0.1, 0.15) is 0 Å². The van der Waals surface area contributed by atoms with E-state index in [1.54, 1.807) is 0 Å². The fourth-order valence-electron chi connectivity index (χ4n) is 1.85. The molecule has 0 heterocycles. The molecule has 0 aromatic carbocycles. The zero-order valence-corrected chi connectivity index (χ0v) is 9.62. The summed E-state index contributed by atoms with van der Waals surface area (Å²) >= 11 is 0.